The van der Waals surface area contributed by atoms with Crippen LogP contribution in [0, 0.1) is 0 Å². The van der Waals surface area contributed by atoms with Crippen molar-refractivity contribution < 1.29 is 4.79 Å². The highest BCUT2D eigenvalue weighted by atomic mass is 35.5. The maximum absolute atomic E-state index is 11.9. The first-order valence-electron chi connectivity index (χ1n) is 6.59. The molecular weight excluding hydrogens is 336 g/mol. The standard InChI is InChI=1S/C14H11ClN6OS/c15-10-3-5-12(6-4-10)21-14(18-19-20-21)23-9-13(22)17-11-2-1-7-16-8-11/h1-8H,9H2,(H,17,22). The molecule has 1 amide bonds. The number of halogens is 1. The van der Waals surface area contributed by atoms with Gasteiger partial charge in [-0.15, -0.1) is 5.10 Å². The SMILES string of the molecule is O=C(CSc1nnnn1-c1ccc(Cl)cc1)Nc1cccnc1. The molecule has 7 nitrogen and oxygen atoms in total. The first-order chi connectivity index (χ1) is 11.2. The minimum Gasteiger partial charge on any atom is -0.324 e. The van der Waals surface area contributed by atoms with Crippen molar-refractivity contribution in [2.45, 2.75) is 5.16 Å². The van der Waals surface area contributed by atoms with E-state index in [-0.39, 0.29) is 11.7 Å². The Kier molecular flexibility index (Phi) is 4.84. The molecule has 3 aromatic rings. The quantitative estimate of drug-likeness (QED) is 0.714. The molecule has 3 rings (SSSR count). The number of carbonyl (C=O) groups excluding carboxylic acids is 1. The van der Waals surface area contributed by atoms with Gasteiger partial charge < -0.3 is 5.32 Å². The Morgan fingerprint density at radius 3 is 2.83 bits per heavy atom. The normalized spacial score (nSPS) is 10.5. The number of carbonyl (C=O) groups is 1. The molecule has 1 N–H and O–H groups in total. The van der Waals surface area contributed by atoms with Crippen molar-refractivity contribution in [2.75, 3.05) is 11.1 Å². The lowest BCUT2D eigenvalue weighted by Gasteiger charge is -2.05. The number of benzene rings is 1. The Morgan fingerprint density at radius 2 is 2.09 bits per heavy atom. The monoisotopic (exact) mass is 346 g/mol. The van der Waals surface area contributed by atoms with Gasteiger partial charge in [-0.3, -0.25) is 9.78 Å². The molecular formula is C14H11ClN6OS. The van der Waals surface area contributed by atoms with Crippen LogP contribution in [0.5, 0.6) is 0 Å². The Morgan fingerprint density at radius 1 is 1.26 bits per heavy atom. The van der Waals surface area contributed by atoms with Crippen molar-refractivity contribution in [1.82, 2.24) is 25.2 Å². The molecule has 2 heterocycles. The van der Waals surface area contributed by atoms with Gasteiger partial charge in [0.2, 0.25) is 11.1 Å². The molecule has 0 spiro atoms. The van der Waals surface area contributed by atoms with Gasteiger partial charge in [0.05, 0.1) is 23.3 Å². The lowest BCUT2D eigenvalue weighted by Crippen LogP contribution is -2.14. The maximum atomic E-state index is 11.9. The van der Waals surface area contributed by atoms with E-state index < -0.39 is 0 Å². The van der Waals surface area contributed by atoms with Gasteiger partial charge in [-0.25, -0.2) is 0 Å². The van der Waals surface area contributed by atoms with Crippen LogP contribution >= 0.6 is 23.4 Å². The third kappa shape index (κ3) is 4.05. The number of nitrogens with zero attached hydrogens (tertiary/aromatic N) is 5. The fourth-order valence-corrected chi connectivity index (χ4v) is 2.59. The molecule has 0 bridgehead atoms. The molecule has 0 aliphatic rings. The van der Waals surface area contributed by atoms with Crippen LogP contribution in [0.1, 0.15) is 0 Å². The number of aromatic nitrogens is 5. The summed E-state index contributed by atoms with van der Waals surface area (Å²) in [6.45, 7) is 0. The molecule has 1 aromatic carbocycles. The Bertz CT molecular complexity index is 793. The highest BCUT2D eigenvalue weighted by Crippen LogP contribution is 2.19. The second-order valence-electron chi connectivity index (χ2n) is 4.43. The lowest BCUT2D eigenvalue weighted by atomic mass is 10.3. The van der Waals surface area contributed by atoms with E-state index in [0.717, 1.165) is 5.69 Å². The zero-order valence-electron chi connectivity index (χ0n) is 11.8. The topological polar surface area (TPSA) is 85.6 Å². The number of hydrogen-bond donors (Lipinski definition) is 1. The molecule has 0 saturated carbocycles. The summed E-state index contributed by atoms with van der Waals surface area (Å²) in [5.74, 6) is 0.0247. The smallest absolute Gasteiger partial charge is 0.234 e. The van der Waals surface area contributed by atoms with Gasteiger partial charge in [0.15, 0.2) is 0 Å². The highest BCUT2D eigenvalue weighted by Gasteiger charge is 2.11. The largest absolute Gasteiger partial charge is 0.324 e. The van der Waals surface area contributed by atoms with Crippen LogP contribution in [0.25, 0.3) is 5.69 Å². The van der Waals surface area contributed by atoms with Crippen LogP contribution in [0.15, 0.2) is 53.9 Å². The highest BCUT2D eigenvalue weighted by molar-refractivity contribution is 7.99. The van der Waals surface area contributed by atoms with Gasteiger partial charge in [-0.1, -0.05) is 23.4 Å². The summed E-state index contributed by atoms with van der Waals surface area (Å²) >= 11 is 7.11. The molecule has 9 heteroatoms. The van der Waals surface area contributed by atoms with Crippen molar-refractivity contribution >= 4 is 35.0 Å². The average molecular weight is 347 g/mol. The number of hydrogen-bond acceptors (Lipinski definition) is 6. The number of thioether (sulfide) groups is 1. The van der Waals surface area contributed by atoms with Crippen molar-refractivity contribution in [3.63, 3.8) is 0 Å². The fraction of sp³-hybridized carbons (Fsp3) is 0.0714. The second-order valence-corrected chi connectivity index (χ2v) is 5.81. The van der Waals surface area contributed by atoms with E-state index in [1.165, 1.54) is 11.8 Å². The van der Waals surface area contributed by atoms with Crippen LogP contribution in [-0.4, -0.2) is 36.9 Å². The fourth-order valence-electron chi connectivity index (χ4n) is 1.78. The van der Waals surface area contributed by atoms with Gasteiger partial charge in [-0.05, 0) is 46.8 Å². The molecule has 0 atom stereocenters. The average Bonchev–Trinajstić information content (AvgIpc) is 3.03. The minimum absolute atomic E-state index is 0.159. The van der Waals surface area contributed by atoms with Crippen molar-refractivity contribution in [2.24, 2.45) is 0 Å². The molecule has 0 aliphatic carbocycles. The van der Waals surface area contributed by atoms with E-state index in [1.807, 2.05) is 0 Å². The van der Waals surface area contributed by atoms with E-state index in [1.54, 1.807) is 53.5 Å². The number of nitrogens with one attached hydrogen (secondary N) is 1. The zero-order chi connectivity index (χ0) is 16.1. The number of rotatable bonds is 5. The number of tetrazole rings is 1. The van der Waals surface area contributed by atoms with Gasteiger partial charge in [0.1, 0.15) is 0 Å². The summed E-state index contributed by atoms with van der Waals surface area (Å²) in [5, 5.41) is 15.4. The predicted molar refractivity (Wildman–Crippen MR) is 87.8 cm³/mol. The summed E-state index contributed by atoms with van der Waals surface area (Å²) in [5.41, 5.74) is 1.42. The molecule has 0 radical (unpaired) electrons. The van der Waals surface area contributed by atoms with Crippen LogP contribution in [0.3, 0.4) is 0 Å². The Balaban J connectivity index is 1.64. The molecule has 0 unspecified atom stereocenters. The minimum atomic E-state index is -0.159. The zero-order valence-corrected chi connectivity index (χ0v) is 13.3. The third-order valence-electron chi connectivity index (χ3n) is 2.79. The Hall–Kier alpha value is -2.45. The van der Waals surface area contributed by atoms with Crippen LogP contribution < -0.4 is 5.32 Å². The van der Waals surface area contributed by atoms with Gasteiger partial charge >= 0.3 is 0 Å². The van der Waals surface area contributed by atoms with Crippen LogP contribution in [0.4, 0.5) is 5.69 Å². The second kappa shape index (κ2) is 7.21. The molecule has 0 aliphatic heterocycles. The van der Waals surface area contributed by atoms with Gasteiger partial charge in [0.25, 0.3) is 0 Å². The number of pyridine rings is 1. The maximum Gasteiger partial charge on any atom is 0.234 e. The Labute approximate surface area is 141 Å². The van der Waals surface area contributed by atoms with Crippen molar-refractivity contribution in [1.29, 1.82) is 0 Å². The number of amides is 1. The van der Waals surface area contributed by atoms with Crippen molar-refractivity contribution in [3.8, 4) is 5.69 Å². The predicted octanol–water partition coefficient (Wildman–Crippen LogP) is 2.44. The van der Waals surface area contributed by atoms with Gasteiger partial charge in [-0.2, -0.15) is 4.68 Å². The number of anilines is 1. The molecule has 2 aromatic heterocycles. The first-order valence-corrected chi connectivity index (χ1v) is 7.96. The third-order valence-corrected chi connectivity index (χ3v) is 3.96. The summed E-state index contributed by atoms with van der Waals surface area (Å²) in [6, 6.07) is 10.6. The van der Waals surface area contributed by atoms with Gasteiger partial charge in [0, 0.05) is 11.2 Å². The summed E-state index contributed by atoms with van der Waals surface area (Å²) in [6.07, 6.45) is 3.23. The summed E-state index contributed by atoms with van der Waals surface area (Å²) < 4.78 is 1.55. The van der Waals surface area contributed by atoms with E-state index in [4.69, 9.17) is 11.6 Å². The van der Waals surface area contributed by atoms with E-state index >= 15 is 0 Å². The molecule has 23 heavy (non-hydrogen) atoms. The van der Waals surface area contributed by atoms with Crippen LogP contribution in [-0.2, 0) is 4.79 Å². The van der Waals surface area contributed by atoms with E-state index in [2.05, 4.69) is 25.8 Å². The lowest BCUT2D eigenvalue weighted by molar-refractivity contribution is -0.113. The molecule has 0 fully saturated rings. The van der Waals surface area contributed by atoms with Crippen molar-refractivity contribution in [3.05, 3.63) is 53.8 Å². The first kappa shape index (κ1) is 15.4. The summed E-state index contributed by atoms with van der Waals surface area (Å²) in [7, 11) is 0. The van der Waals surface area contributed by atoms with E-state index in [0.29, 0.717) is 15.9 Å². The van der Waals surface area contributed by atoms with E-state index in [9.17, 15) is 4.79 Å². The summed E-state index contributed by atoms with van der Waals surface area (Å²) in [4.78, 5) is 15.9. The van der Waals surface area contributed by atoms with Crippen LogP contribution in [0.2, 0.25) is 5.02 Å². The molecule has 116 valence electrons. The molecule has 0 saturated heterocycles.